The van der Waals surface area contributed by atoms with Crippen molar-refractivity contribution in [2.24, 2.45) is 0 Å². The molecule has 0 atom stereocenters. The first-order valence-electron chi connectivity index (χ1n) is 9.56. The van der Waals surface area contributed by atoms with Gasteiger partial charge in [0.25, 0.3) is 5.56 Å². The molecule has 0 aliphatic carbocycles. The lowest BCUT2D eigenvalue weighted by molar-refractivity contribution is -0.116. The number of aromatic nitrogens is 1. The van der Waals surface area contributed by atoms with Crippen LogP contribution in [0.5, 0.6) is 0 Å². The molecule has 1 heterocycles. The van der Waals surface area contributed by atoms with Crippen molar-refractivity contribution < 1.29 is 4.79 Å². The Morgan fingerprint density at radius 3 is 2.50 bits per heavy atom. The first kappa shape index (κ1) is 19.8. The van der Waals surface area contributed by atoms with Gasteiger partial charge in [0.2, 0.25) is 5.91 Å². The molecular weight excluding hydrogens is 350 g/mol. The first-order valence-corrected chi connectivity index (χ1v) is 9.56. The highest BCUT2D eigenvalue weighted by molar-refractivity contribution is 6.01. The van der Waals surface area contributed by atoms with Gasteiger partial charge in [0.15, 0.2) is 0 Å². The highest BCUT2D eigenvalue weighted by atomic mass is 16.1. The molecule has 0 bridgehead atoms. The largest absolute Gasteiger partial charge is 0.326 e. The number of aryl methyl sites for hydroxylation is 2. The summed E-state index contributed by atoms with van der Waals surface area (Å²) in [4.78, 5) is 27.2. The molecule has 1 N–H and O–H groups in total. The Kier molecular flexibility index (Phi) is 6.26. The van der Waals surface area contributed by atoms with E-state index in [1.54, 1.807) is 10.8 Å². The molecule has 0 aliphatic heterocycles. The van der Waals surface area contributed by atoms with E-state index in [4.69, 9.17) is 0 Å². The number of carbonyl (C=O) groups is 1. The number of benzene rings is 2. The maximum atomic E-state index is 12.7. The molecule has 5 heteroatoms. The number of amides is 1. The van der Waals surface area contributed by atoms with Gasteiger partial charge in [0.1, 0.15) is 0 Å². The van der Waals surface area contributed by atoms with Crippen LogP contribution in [0.15, 0.2) is 59.5 Å². The summed E-state index contributed by atoms with van der Waals surface area (Å²) in [6.07, 6.45) is 2.89. The zero-order valence-electron chi connectivity index (χ0n) is 16.7. The predicted octanol–water partition coefficient (Wildman–Crippen LogP) is 3.44. The van der Waals surface area contributed by atoms with Crippen molar-refractivity contribution in [3.05, 3.63) is 76.2 Å². The molecule has 0 saturated carbocycles. The molecule has 1 aromatic heterocycles. The monoisotopic (exact) mass is 377 g/mol. The quantitative estimate of drug-likeness (QED) is 0.686. The van der Waals surface area contributed by atoms with E-state index < -0.39 is 0 Å². The van der Waals surface area contributed by atoms with Gasteiger partial charge in [-0.15, -0.1) is 0 Å². The Hall–Kier alpha value is -2.92. The van der Waals surface area contributed by atoms with Crippen molar-refractivity contribution in [3.8, 4) is 0 Å². The third-order valence-corrected chi connectivity index (χ3v) is 4.84. The SMILES string of the molecule is Cc1ccc(CCC(=O)Nc2cccc3c(=O)n(CCN(C)C)ccc23)cc1. The van der Waals surface area contributed by atoms with Crippen LogP contribution in [0.2, 0.25) is 0 Å². The maximum Gasteiger partial charge on any atom is 0.258 e. The van der Waals surface area contributed by atoms with Gasteiger partial charge in [-0.05, 0) is 51.2 Å². The van der Waals surface area contributed by atoms with Crippen LogP contribution in [-0.2, 0) is 17.8 Å². The zero-order valence-corrected chi connectivity index (χ0v) is 16.7. The van der Waals surface area contributed by atoms with Crippen LogP contribution in [0.4, 0.5) is 5.69 Å². The molecule has 146 valence electrons. The Bertz CT molecular complexity index is 1020. The van der Waals surface area contributed by atoms with Gasteiger partial charge in [-0.2, -0.15) is 0 Å². The maximum absolute atomic E-state index is 12.7. The van der Waals surface area contributed by atoms with Crippen molar-refractivity contribution in [3.63, 3.8) is 0 Å². The molecule has 3 aromatic rings. The standard InChI is InChI=1S/C23H27N3O2/c1-17-7-9-18(10-8-17)11-12-22(27)24-21-6-4-5-20-19(21)13-14-26(23(20)28)16-15-25(2)3/h4-10,13-14H,11-12,15-16H2,1-3H3,(H,24,27). The van der Waals surface area contributed by atoms with Crippen LogP contribution in [0, 0.1) is 6.92 Å². The molecule has 0 unspecified atom stereocenters. The van der Waals surface area contributed by atoms with Crippen LogP contribution in [0.25, 0.3) is 10.8 Å². The topological polar surface area (TPSA) is 54.3 Å². The second kappa shape index (κ2) is 8.85. The molecule has 0 spiro atoms. The number of likely N-dealkylation sites (N-methyl/N-ethyl adjacent to an activating group) is 1. The highest BCUT2D eigenvalue weighted by Crippen LogP contribution is 2.21. The Morgan fingerprint density at radius 2 is 1.79 bits per heavy atom. The fourth-order valence-corrected chi connectivity index (χ4v) is 3.14. The van der Waals surface area contributed by atoms with Gasteiger partial charge in [-0.3, -0.25) is 9.59 Å². The van der Waals surface area contributed by atoms with E-state index >= 15 is 0 Å². The van der Waals surface area contributed by atoms with Crippen LogP contribution >= 0.6 is 0 Å². The predicted molar refractivity (Wildman–Crippen MR) is 115 cm³/mol. The first-order chi connectivity index (χ1) is 13.4. The van der Waals surface area contributed by atoms with E-state index in [-0.39, 0.29) is 11.5 Å². The van der Waals surface area contributed by atoms with E-state index in [1.165, 1.54) is 5.56 Å². The normalized spacial score (nSPS) is 11.1. The second-order valence-electron chi connectivity index (χ2n) is 7.42. The fourth-order valence-electron chi connectivity index (χ4n) is 3.14. The summed E-state index contributed by atoms with van der Waals surface area (Å²) < 4.78 is 1.71. The lowest BCUT2D eigenvalue weighted by Gasteiger charge is -2.13. The molecular formula is C23H27N3O2. The van der Waals surface area contributed by atoms with Crippen LogP contribution < -0.4 is 10.9 Å². The minimum Gasteiger partial charge on any atom is -0.326 e. The summed E-state index contributed by atoms with van der Waals surface area (Å²) in [5, 5.41) is 4.37. The number of fused-ring (bicyclic) bond motifs is 1. The van der Waals surface area contributed by atoms with Gasteiger partial charge in [0.05, 0.1) is 0 Å². The number of hydrogen-bond acceptors (Lipinski definition) is 3. The van der Waals surface area contributed by atoms with Crippen LogP contribution in [-0.4, -0.2) is 36.0 Å². The van der Waals surface area contributed by atoms with Crippen LogP contribution in [0.3, 0.4) is 0 Å². The summed E-state index contributed by atoms with van der Waals surface area (Å²) in [6.45, 7) is 3.47. The third-order valence-electron chi connectivity index (χ3n) is 4.84. The van der Waals surface area contributed by atoms with E-state index in [0.29, 0.717) is 30.5 Å². The minimum absolute atomic E-state index is 0.0323. The number of rotatable bonds is 7. The summed E-state index contributed by atoms with van der Waals surface area (Å²) >= 11 is 0. The van der Waals surface area contributed by atoms with Gasteiger partial charge in [0, 0.05) is 42.2 Å². The van der Waals surface area contributed by atoms with Gasteiger partial charge in [-0.25, -0.2) is 0 Å². The van der Waals surface area contributed by atoms with E-state index in [0.717, 1.165) is 17.5 Å². The summed E-state index contributed by atoms with van der Waals surface area (Å²) in [5.41, 5.74) is 3.00. The molecule has 0 aliphatic rings. The molecule has 0 saturated heterocycles. The van der Waals surface area contributed by atoms with E-state index in [2.05, 4.69) is 29.6 Å². The highest BCUT2D eigenvalue weighted by Gasteiger charge is 2.10. The molecule has 0 radical (unpaired) electrons. The van der Waals surface area contributed by atoms with Crippen LogP contribution in [0.1, 0.15) is 17.5 Å². The average Bonchev–Trinajstić information content (AvgIpc) is 2.67. The second-order valence-corrected chi connectivity index (χ2v) is 7.42. The summed E-state index contributed by atoms with van der Waals surface area (Å²) in [7, 11) is 3.96. The average molecular weight is 377 g/mol. The molecule has 5 nitrogen and oxygen atoms in total. The molecule has 0 fully saturated rings. The number of nitrogens with zero attached hydrogens (tertiary/aromatic N) is 2. The Labute approximate surface area is 165 Å². The summed E-state index contributed by atoms with van der Waals surface area (Å²) in [6, 6.07) is 15.6. The molecule has 2 aromatic carbocycles. The Morgan fingerprint density at radius 1 is 1.04 bits per heavy atom. The minimum atomic E-state index is -0.0511. The van der Waals surface area contributed by atoms with Crippen molar-refractivity contribution in [1.29, 1.82) is 0 Å². The van der Waals surface area contributed by atoms with E-state index in [1.807, 2.05) is 50.2 Å². The van der Waals surface area contributed by atoms with Crippen molar-refractivity contribution >= 4 is 22.4 Å². The number of hydrogen-bond donors (Lipinski definition) is 1. The number of pyridine rings is 1. The van der Waals surface area contributed by atoms with Gasteiger partial charge >= 0.3 is 0 Å². The lowest BCUT2D eigenvalue weighted by Crippen LogP contribution is -2.26. The Balaban J connectivity index is 1.73. The summed E-state index contributed by atoms with van der Waals surface area (Å²) in [5.74, 6) is -0.0511. The number of anilines is 1. The van der Waals surface area contributed by atoms with Crippen molar-refractivity contribution in [1.82, 2.24) is 9.47 Å². The van der Waals surface area contributed by atoms with E-state index in [9.17, 15) is 9.59 Å². The number of carbonyl (C=O) groups excluding carboxylic acids is 1. The smallest absolute Gasteiger partial charge is 0.258 e. The number of nitrogens with one attached hydrogen (secondary N) is 1. The third kappa shape index (κ3) is 4.87. The molecule has 1 amide bonds. The molecule has 3 rings (SSSR count). The fraction of sp³-hybridized carbons (Fsp3) is 0.304. The van der Waals surface area contributed by atoms with Gasteiger partial charge < -0.3 is 14.8 Å². The zero-order chi connectivity index (χ0) is 20.1. The lowest BCUT2D eigenvalue weighted by atomic mass is 10.1. The van der Waals surface area contributed by atoms with Crippen molar-refractivity contribution in [2.45, 2.75) is 26.3 Å². The molecule has 28 heavy (non-hydrogen) atoms. The van der Waals surface area contributed by atoms with Gasteiger partial charge in [-0.1, -0.05) is 35.9 Å². The van der Waals surface area contributed by atoms with Crippen molar-refractivity contribution in [2.75, 3.05) is 26.0 Å².